The Hall–Kier alpha value is -1.72. The molecule has 0 fully saturated rings. The molecule has 0 radical (unpaired) electrons. The highest BCUT2D eigenvalue weighted by Gasteiger charge is 2.10. The lowest BCUT2D eigenvalue weighted by Crippen LogP contribution is -2.09. The highest BCUT2D eigenvalue weighted by atomic mass is 19.1. The van der Waals surface area contributed by atoms with Gasteiger partial charge in [0.2, 0.25) is 0 Å². The number of aromatic nitrogens is 1. The molecule has 0 aliphatic carbocycles. The summed E-state index contributed by atoms with van der Waals surface area (Å²) in [5.41, 5.74) is 4.97. The first kappa shape index (κ1) is 11.8. The second-order valence-corrected chi connectivity index (χ2v) is 3.88. The van der Waals surface area contributed by atoms with E-state index in [-0.39, 0.29) is 5.82 Å². The average Bonchev–Trinajstić information content (AvgIpc) is 2.29. The Morgan fingerprint density at radius 1 is 1.41 bits per heavy atom. The molecule has 0 atom stereocenters. The Balaban J connectivity index is 2.73. The van der Waals surface area contributed by atoms with Gasteiger partial charge in [-0.1, -0.05) is 0 Å². The van der Waals surface area contributed by atoms with E-state index in [9.17, 15) is 4.39 Å². The van der Waals surface area contributed by atoms with Gasteiger partial charge < -0.3 is 10.2 Å². The fourth-order valence-corrected chi connectivity index (χ4v) is 1.82. The average molecular weight is 235 g/mol. The van der Waals surface area contributed by atoms with Crippen LogP contribution < -0.4 is 11.3 Å². The van der Waals surface area contributed by atoms with Crippen LogP contribution in [0, 0.1) is 12.7 Å². The molecule has 17 heavy (non-hydrogen) atoms. The fraction of sp³-hybridized carbons (Fsp3) is 0.250. The molecule has 0 aliphatic heterocycles. The van der Waals surface area contributed by atoms with E-state index in [1.807, 2.05) is 13.0 Å². The van der Waals surface area contributed by atoms with Gasteiger partial charge in [-0.05, 0) is 30.7 Å². The Labute approximate surface area is 98.6 Å². The molecule has 0 spiro atoms. The largest absolute Gasteiger partial charge is 0.378 e. The predicted molar refractivity (Wildman–Crippen MR) is 65.0 cm³/mol. The van der Waals surface area contributed by atoms with Crippen LogP contribution in [-0.4, -0.2) is 12.1 Å². The molecule has 5 heteroatoms. The third kappa shape index (κ3) is 2.20. The molecule has 4 nitrogen and oxygen atoms in total. The lowest BCUT2D eigenvalue weighted by molar-refractivity contribution is 0.182. The van der Waals surface area contributed by atoms with Crippen molar-refractivity contribution in [1.82, 2.24) is 4.98 Å². The number of ether oxygens (including phenoxy) is 1. The van der Waals surface area contributed by atoms with E-state index in [0.717, 1.165) is 5.56 Å². The van der Waals surface area contributed by atoms with Gasteiger partial charge in [0.25, 0.3) is 0 Å². The van der Waals surface area contributed by atoms with Crippen molar-refractivity contribution in [2.24, 2.45) is 5.84 Å². The Morgan fingerprint density at radius 3 is 2.82 bits per heavy atom. The van der Waals surface area contributed by atoms with Crippen molar-refractivity contribution >= 4 is 16.6 Å². The van der Waals surface area contributed by atoms with Crippen LogP contribution in [0.1, 0.15) is 11.3 Å². The number of anilines is 1. The summed E-state index contributed by atoms with van der Waals surface area (Å²) in [6, 6.07) is 5.05. The number of pyridine rings is 1. The van der Waals surface area contributed by atoms with Crippen LogP contribution >= 0.6 is 0 Å². The molecule has 0 bridgehead atoms. The summed E-state index contributed by atoms with van der Waals surface area (Å²) in [7, 11) is 1.56. The number of hydrogen-bond donors (Lipinski definition) is 2. The van der Waals surface area contributed by atoms with Crippen LogP contribution in [0.25, 0.3) is 10.9 Å². The van der Waals surface area contributed by atoms with Gasteiger partial charge in [-0.25, -0.2) is 9.37 Å². The van der Waals surface area contributed by atoms with E-state index in [2.05, 4.69) is 10.4 Å². The summed E-state index contributed by atoms with van der Waals surface area (Å²) in [6.45, 7) is 2.14. The van der Waals surface area contributed by atoms with E-state index < -0.39 is 0 Å². The summed E-state index contributed by atoms with van der Waals surface area (Å²) in [4.78, 5) is 4.22. The zero-order valence-corrected chi connectivity index (χ0v) is 9.75. The second-order valence-electron chi connectivity index (χ2n) is 3.88. The number of hydrogen-bond acceptors (Lipinski definition) is 4. The maximum atomic E-state index is 13.8. The number of aryl methyl sites for hydroxylation is 1. The molecule has 2 rings (SSSR count). The van der Waals surface area contributed by atoms with Gasteiger partial charge in [-0.15, -0.1) is 0 Å². The number of methoxy groups -OCH3 is 1. The van der Waals surface area contributed by atoms with Crippen molar-refractivity contribution in [2.45, 2.75) is 13.5 Å². The van der Waals surface area contributed by atoms with Crippen molar-refractivity contribution in [1.29, 1.82) is 0 Å². The fourth-order valence-electron chi connectivity index (χ4n) is 1.82. The van der Waals surface area contributed by atoms with Crippen molar-refractivity contribution in [3.05, 3.63) is 35.3 Å². The third-order valence-corrected chi connectivity index (χ3v) is 2.51. The number of hydrazine groups is 1. The van der Waals surface area contributed by atoms with E-state index in [4.69, 9.17) is 10.6 Å². The molecule has 90 valence electrons. The first-order valence-electron chi connectivity index (χ1n) is 5.21. The normalized spacial score (nSPS) is 10.8. The van der Waals surface area contributed by atoms with Crippen molar-refractivity contribution in [2.75, 3.05) is 12.5 Å². The third-order valence-electron chi connectivity index (χ3n) is 2.51. The maximum absolute atomic E-state index is 13.8. The van der Waals surface area contributed by atoms with E-state index in [1.54, 1.807) is 13.2 Å². The van der Waals surface area contributed by atoms with Gasteiger partial charge in [-0.3, -0.25) is 5.84 Å². The lowest BCUT2D eigenvalue weighted by atomic mass is 10.1. The summed E-state index contributed by atoms with van der Waals surface area (Å²) < 4.78 is 18.8. The zero-order valence-electron chi connectivity index (χ0n) is 9.75. The summed E-state index contributed by atoms with van der Waals surface area (Å²) in [6.07, 6.45) is 0. The number of fused-ring (bicyclic) bond motifs is 1. The number of nitrogen functional groups attached to an aromatic ring is 1. The van der Waals surface area contributed by atoms with E-state index >= 15 is 0 Å². The van der Waals surface area contributed by atoms with Gasteiger partial charge >= 0.3 is 0 Å². The standard InChI is InChI=1S/C12H14FN3O/c1-7-3-9-11(16-14)5-8(6-17-2)15-12(9)10(13)4-7/h3-5H,6,14H2,1-2H3,(H,15,16). The van der Waals surface area contributed by atoms with Crippen molar-refractivity contribution in [3.8, 4) is 0 Å². The van der Waals surface area contributed by atoms with E-state index in [1.165, 1.54) is 6.07 Å². The Bertz CT molecular complexity index is 557. The molecular formula is C12H14FN3O. The van der Waals surface area contributed by atoms with Gasteiger partial charge in [0.1, 0.15) is 11.3 Å². The highest BCUT2D eigenvalue weighted by Crippen LogP contribution is 2.26. The number of benzene rings is 1. The summed E-state index contributed by atoms with van der Waals surface area (Å²) in [5.74, 6) is 5.09. The first-order chi connectivity index (χ1) is 8.15. The van der Waals surface area contributed by atoms with Crippen LogP contribution in [-0.2, 0) is 11.3 Å². The smallest absolute Gasteiger partial charge is 0.149 e. The summed E-state index contributed by atoms with van der Waals surface area (Å²) >= 11 is 0. The lowest BCUT2D eigenvalue weighted by Gasteiger charge is -2.10. The number of nitrogens with one attached hydrogen (secondary N) is 1. The minimum absolute atomic E-state index is 0.304. The van der Waals surface area contributed by atoms with Crippen LogP contribution in [0.3, 0.4) is 0 Å². The maximum Gasteiger partial charge on any atom is 0.149 e. The molecule has 1 aromatic heterocycles. The Morgan fingerprint density at radius 2 is 2.18 bits per heavy atom. The van der Waals surface area contributed by atoms with Gasteiger partial charge in [-0.2, -0.15) is 0 Å². The van der Waals surface area contributed by atoms with Gasteiger partial charge in [0, 0.05) is 12.5 Å². The van der Waals surface area contributed by atoms with Crippen LogP contribution in [0.2, 0.25) is 0 Å². The molecule has 1 aromatic carbocycles. The first-order valence-corrected chi connectivity index (χ1v) is 5.21. The molecule has 0 aliphatic rings. The minimum Gasteiger partial charge on any atom is -0.378 e. The van der Waals surface area contributed by atoms with Crippen LogP contribution in [0.4, 0.5) is 10.1 Å². The molecule has 0 unspecified atom stereocenters. The number of nitrogens with two attached hydrogens (primary N) is 1. The molecule has 0 saturated heterocycles. The molecule has 3 N–H and O–H groups in total. The predicted octanol–water partition coefficient (Wildman–Crippen LogP) is 2.11. The second kappa shape index (κ2) is 4.65. The topological polar surface area (TPSA) is 60.2 Å². The van der Waals surface area contributed by atoms with Gasteiger partial charge in [0.05, 0.1) is 18.0 Å². The summed E-state index contributed by atoms with van der Waals surface area (Å²) in [5, 5.41) is 0.671. The monoisotopic (exact) mass is 235 g/mol. The van der Waals surface area contributed by atoms with Crippen LogP contribution in [0.5, 0.6) is 0 Å². The molecule has 2 aromatic rings. The zero-order chi connectivity index (χ0) is 12.4. The molecule has 0 saturated carbocycles. The SMILES string of the molecule is COCc1cc(NN)c2cc(C)cc(F)c2n1. The van der Waals surface area contributed by atoms with Crippen molar-refractivity contribution < 1.29 is 9.13 Å². The molecule has 1 heterocycles. The number of halogens is 1. The van der Waals surface area contributed by atoms with Gasteiger partial charge in [0.15, 0.2) is 0 Å². The highest BCUT2D eigenvalue weighted by molar-refractivity contribution is 5.92. The van der Waals surface area contributed by atoms with Crippen LogP contribution in [0.15, 0.2) is 18.2 Å². The quantitative estimate of drug-likeness (QED) is 0.632. The number of rotatable bonds is 3. The molecule has 0 amide bonds. The number of nitrogens with zero attached hydrogens (tertiary/aromatic N) is 1. The van der Waals surface area contributed by atoms with Crippen molar-refractivity contribution in [3.63, 3.8) is 0 Å². The van der Waals surface area contributed by atoms with E-state index in [0.29, 0.717) is 28.9 Å². The minimum atomic E-state index is -0.352. The Kier molecular flexibility index (Phi) is 3.21. The molecular weight excluding hydrogens is 221 g/mol.